The number of nitrogens with one attached hydrogen (secondary N) is 2. The molecule has 6 nitrogen and oxygen atoms in total. The Kier molecular flexibility index (Phi) is 6.39. The first-order chi connectivity index (χ1) is 12.2. The summed E-state index contributed by atoms with van der Waals surface area (Å²) in [6.07, 6.45) is 3.58. The van der Waals surface area contributed by atoms with Crippen molar-refractivity contribution in [3.63, 3.8) is 0 Å². The number of carbonyl (C=O) groups excluding carboxylic acids is 1. The van der Waals surface area contributed by atoms with Crippen molar-refractivity contribution in [3.8, 4) is 11.5 Å². The van der Waals surface area contributed by atoms with Gasteiger partial charge in [0, 0.05) is 13.1 Å². The number of fused-ring (bicyclic) bond motifs is 1. The molecule has 3 rings (SSSR count). The number of benzene rings is 1. The standard InChI is InChI=1S/C19H29N3O3/c1-15-5-9-22(10-6-15)8-2-7-20-19(23)21-14-16-3-4-17-18(13-16)25-12-11-24-17/h3-4,13,15H,2,5-12,14H2,1H3,(H2,20,21,23). The van der Waals surface area contributed by atoms with E-state index in [1.807, 2.05) is 18.2 Å². The van der Waals surface area contributed by atoms with Crippen LogP contribution in [0.15, 0.2) is 18.2 Å². The van der Waals surface area contributed by atoms with Crippen LogP contribution in [0, 0.1) is 5.92 Å². The minimum atomic E-state index is -0.123. The Morgan fingerprint density at radius 1 is 1.16 bits per heavy atom. The van der Waals surface area contributed by atoms with E-state index in [9.17, 15) is 4.79 Å². The third-order valence-corrected chi connectivity index (χ3v) is 4.87. The van der Waals surface area contributed by atoms with E-state index in [4.69, 9.17) is 9.47 Å². The normalized spacial score (nSPS) is 18.0. The molecule has 0 saturated carbocycles. The summed E-state index contributed by atoms with van der Waals surface area (Å²) in [5.74, 6) is 2.38. The third kappa shape index (κ3) is 5.53. The van der Waals surface area contributed by atoms with Gasteiger partial charge >= 0.3 is 6.03 Å². The molecule has 1 aromatic carbocycles. The maximum Gasteiger partial charge on any atom is 0.315 e. The van der Waals surface area contributed by atoms with Gasteiger partial charge in [0.05, 0.1) is 0 Å². The molecule has 2 heterocycles. The van der Waals surface area contributed by atoms with Gasteiger partial charge in [0.2, 0.25) is 0 Å². The second-order valence-electron chi connectivity index (χ2n) is 6.97. The summed E-state index contributed by atoms with van der Waals surface area (Å²) in [5, 5.41) is 5.82. The van der Waals surface area contributed by atoms with Crippen molar-refractivity contribution in [2.45, 2.75) is 32.7 Å². The summed E-state index contributed by atoms with van der Waals surface area (Å²) < 4.78 is 11.1. The summed E-state index contributed by atoms with van der Waals surface area (Å²) in [6.45, 7) is 8.12. The zero-order valence-electron chi connectivity index (χ0n) is 15.1. The van der Waals surface area contributed by atoms with Crippen LogP contribution in [0.4, 0.5) is 4.79 Å². The van der Waals surface area contributed by atoms with E-state index in [1.165, 1.54) is 25.9 Å². The molecule has 2 N–H and O–H groups in total. The van der Waals surface area contributed by atoms with Crippen molar-refractivity contribution in [1.29, 1.82) is 0 Å². The number of carbonyl (C=O) groups is 1. The predicted octanol–water partition coefficient (Wildman–Crippen LogP) is 2.38. The van der Waals surface area contributed by atoms with E-state index >= 15 is 0 Å². The lowest BCUT2D eigenvalue weighted by Crippen LogP contribution is -2.38. The summed E-state index contributed by atoms with van der Waals surface area (Å²) in [5.41, 5.74) is 1.00. The number of likely N-dealkylation sites (tertiary alicyclic amines) is 1. The van der Waals surface area contributed by atoms with Gasteiger partial charge in [-0.15, -0.1) is 0 Å². The molecule has 1 fully saturated rings. The van der Waals surface area contributed by atoms with Crippen LogP contribution >= 0.6 is 0 Å². The first-order valence-corrected chi connectivity index (χ1v) is 9.33. The molecule has 0 atom stereocenters. The summed E-state index contributed by atoms with van der Waals surface area (Å²) in [7, 11) is 0. The number of ether oxygens (including phenoxy) is 2. The Balaban J connectivity index is 1.30. The van der Waals surface area contributed by atoms with Crippen molar-refractivity contribution < 1.29 is 14.3 Å². The Morgan fingerprint density at radius 3 is 2.72 bits per heavy atom. The smallest absolute Gasteiger partial charge is 0.315 e. The monoisotopic (exact) mass is 347 g/mol. The topological polar surface area (TPSA) is 62.8 Å². The maximum absolute atomic E-state index is 11.9. The van der Waals surface area contributed by atoms with E-state index in [0.717, 1.165) is 35.9 Å². The summed E-state index contributed by atoms with van der Waals surface area (Å²) in [6, 6.07) is 5.64. The van der Waals surface area contributed by atoms with Crippen molar-refractivity contribution in [3.05, 3.63) is 23.8 Å². The van der Waals surface area contributed by atoms with Gasteiger partial charge in [-0.25, -0.2) is 4.79 Å². The van der Waals surface area contributed by atoms with Gasteiger partial charge in [0.1, 0.15) is 13.2 Å². The van der Waals surface area contributed by atoms with Crippen molar-refractivity contribution in [1.82, 2.24) is 15.5 Å². The zero-order valence-corrected chi connectivity index (χ0v) is 15.1. The number of urea groups is 1. The molecule has 1 saturated heterocycles. The quantitative estimate of drug-likeness (QED) is 0.776. The van der Waals surface area contributed by atoms with Crippen LogP contribution in [-0.2, 0) is 6.54 Å². The first kappa shape index (κ1) is 17.9. The summed E-state index contributed by atoms with van der Waals surface area (Å²) >= 11 is 0. The molecule has 138 valence electrons. The highest BCUT2D eigenvalue weighted by Crippen LogP contribution is 2.30. The van der Waals surface area contributed by atoms with Crippen molar-refractivity contribution in [2.75, 3.05) is 39.4 Å². The molecule has 0 aliphatic carbocycles. The maximum atomic E-state index is 11.9. The fraction of sp³-hybridized carbons (Fsp3) is 0.632. The van der Waals surface area contributed by atoms with Gasteiger partial charge in [-0.05, 0) is 62.5 Å². The van der Waals surface area contributed by atoms with Crippen LogP contribution in [0.25, 0.3) is 0 Å². The molecule has 0 spiro atoms. The number of rotatable bonds is 6. The Morgan fingerprint density at radius 2 is 1.92 bits per heavy atom. The first-order valence-electron chi connectivity index (χ1n) is 9.33. The predicted molar refractivity (Wildman–Crippen MR) is 97.1 cm³/mol. The molecule has 1 aromatic rings. The molecular weight excluding hydrogens is 318 g/mol. The molecule has 2 aliphatic heterocycles. The SMILES string of the molecule is CC1CCN(CCCNC(=O)NCc2ccc3c(c2)OCCO3)CC1. The fourth-order valence-electron chi connectivity index (χ4n) is 3.23. The van der Waals surface area contributed by atoms with E-state index in [0.29, 0.717) is 26.3 Å². The largest absolute Gasteiger partial charge is 0.486 e. The number of hydrogen-bond donors (Lipinski definition) is 2. The second kappa shape index (κ2) is 8.94. The molecule has 2 amide bonds. The second-order valence-corrected chi connectivity index (χ2v) is 6.97. The van der Waals surface area contributed by atoms with Crippen molar-refractivity contribution in [2.24, 2.45) is 5.92 Å². The molecule has 0 radical (unpaired) electrons. The molecule has 2 aliphatic rings. The number of amides is 2. The minimum absolute atomic E-state index is 0.123. The highest BCUT2D eigenvalue weighted by Gasteiger charge is 2.15. The molecule has 6 heteroatoms. The molecule has 25 heavy (non-hydrogen) atoms. The van der Waals surface area contributed by atoms with Crippen LogP contribution in [0.5, 0.6) is 11.5 Å². The number of hydrogen-bond acceptors (Lipinski definition) is 4. The van der Waals surface area contributed by atoms with Crippen LogP contribution < -0.4 is 20.1 Å². The van der Waals surface area contributed by atoms with Gasteiger partial charge in [0.15, 0.2) is 11.5 Å². The van der Waals surface area contributed by atoms with E-state index < -0.39 is 0 Å². The lowest BCUT2D eigenvalue weighted by molar-refractivity contribution is 0.171. The highest BCUT2D eigenvalue weighted by atomic mass is 16.6. The number of nitrogens with zero attached hydrogens (tertiary/aromatic N) is 1. The summed E-state index contributed by atoms with van der Waals surface area (Å²) in [4.78, 5) is 14.4. The van der Waals surface area contributed by atoms with E-state index in [-0.39, 0.29) is 6.03 Å². The zero-order chi connectivity index (χ0) is 17.5. The van der Waals surface area contributed by atoms with Gasteiger partial charge < -0.3 is 25.0 Å². The van der Waals surface area contributed by atoms with Gasteiger partial charge in [0.25, 0.3) is 0 Å². The van der Waals surface area contributed by atoms with Gasteiger partial charge in [-0.2, -0.15) is 0 Å². The lowest BCUT2D eigenvalue weighted by atomic mass is 9.99. The van der Waals surface area contributed by atoms with Crippen molar-refractivity contribution >= 4 is 6.03 Å². The Bertz CT molecular complexity index is 571. The third-order valence-electron chi connectivity index (χ3n) is 4.87. The average Bonchev–Trinajstić information content (AvgIpc) is 2.65. The van der Waals surface area contributed by atoms with Gasteiger partial charge in [-0.3, -0.25) is 0 Å². The number of piperidine rings is 1. The average molecular weight is 347 g/mol. The molecule has 0 bridgehead atoms. The van der Waals surface area contributed by atoms with E-state index in [1.54, 1.807) is 0 Å². The minimum Gasteiger partial charge on any atom is -0.486 e. The molecule has 0 unspecified atom stereocenters. The molecular formula is C19H29N3O3. The Labute approximate surface area is 149 Å². The van der Waals surface area contributed by atoms with Crippen LogP contribution in [0.2, 0.25) is 0 Å². The fourth-order valence-corrected chi connectivity index (χ4v) is 3.23. The van der Waals surface area contributed by atoms with Crippen LogP contribution in [-0.4, -0.2) is 50.3 Å². The Hall–Kier alpha value is -1.95. The van der Waals surface area contributed by atoms with Crippen LogP contribution in [0.3, 0.4) is 0 Å². The van der Waals surface area contributed by atoms with E-state index in [2.05, 4.69) is 22.5 Å². The van der Waals surface area contributed by atoms with Crippen LogP contribution in [0.1, 0.15) is 31.7 Å². The van der Waals surface area contributed by atoms with Gasteiger partial charge in [-0.1, -0.05) is 13.0 Å². The molecule has 0 aromatic heterocycles. The highest BCUT2D eigenvalue weighted by molar-refractivity contribution is 5.73. The lowest BCUT2D eigenvalue weighted by Gasteiger charge is -2.30.